The van der Waals surface area contributed by atoms with E-state index >= 15 is 0 Å². The molecule has 0 unspecified atom stereocenters. The van der Waals surface area contributed by atoms with E-state index < -0.39 is 0 Å². The number of rotatable bonds is 114. The molecule has 794 valence electrons. The zero-order valence-corrected chi connectivity index (χ0v) is 99.8. The van der Waals surface area contributed by atoms with Crippen molar-refractivity contribution < 1.29 is 0 Å². The Morgan fingerprint density at radius 3 is 0.218 bits per heavy atom. The molecule has 0 N–H and O–H groups in total. The van der Waals surface area contributed by atoms with E-state index in [1.54, 1.807) is 0 Å². The third-order valence-electron chi connectivity index (χ3n) is 29.5. The second kappa shape index (κ2) is 131. The van der Waals surface area contributed by atoms with Gasteiger partial charge in [0.15, 0.2) is 0 Å². The van der Waals surface area contributed by atoms with Crippen molar-refractivity contribution >= 4 is 112 Å². The molecule has 0 aromatic rings. The molecule has 0 spiro atoms. The van der Waals surface area contributed by atoms with Gasteiger partial charge >= 0.3 is 24.4 Å². The minimum atomic E-state index is 0. The second-order valence-corrected chi connectivity index (χ2v) is 45.9. The molecule has 0 atom stereocenters. The molecule has 0 aromatic heterocycles. The quantitative estimate of drug-likeness (QED) is 0.0253. The summed E-state index contributed by atoms with van der Waals surface area (Å²) in [6, 6.07) is 0. The van der Waals surface area contributed by atoms with Gasteiger partial charge in [-0.15, -0.1) is 0 Å². The summed E-state index contributed by atoms with van der Waals surface area (Å²) in [6.07, 6.45) is 154. The maximum absolute atomic E-state index is 5.40. The van der Waals surface area contributed by atoms with Crippen molar-refractivity contribution in [1.82, 2.24) is 14.7 Å². The van der Waals surface area contributed by atoms with Gasteiger partial charge in [-0.05, 0) is 38.5 Å². The van der Waals surface area contributed by atoms with Gasteiger partial charge in [0.25, 0.3) is 0 Å². The molecule has 0 aromatic carbocycles. The molecule has 10 heteroatoms. The van der Waals surface area contributed by atoms with Crippen LogP contribution in [0.2, 0.25) is 0 Å². The first-order valence-electron chi connectivity index (χ1n) is 62.0. The van der Waals surface area contributed by atoms with E-state index in [9.17, 15) is 0 Å². The van der Waals surface area contributed by atoms with Crippen molar-refractivity contribution in [2.24, 2.45) is 0 Å². The van der Waals surface area contributed by atoms with Crippen LogP contribution in [0.15, 0.2) is 0 Å². The fraction of sp³-hybridized carbons (Fsp3) is 0.976. The van der Waals surface area contributed by atoms with E-state index in [1.165, 1.54) is 693 Å². The summed E-state index contributed by atoms with van der Waals surface area (Å²) in [4.78, 5) is 6.93. The molecule has 2 radical (unpaired) electrons. The monoisotopic (exact) mass is 2080 g/mol. The zero-order chi connectivity index (χ0) is 96.1. The van der Waals surface area contributed by atoms with Gasteiger partial charge < -0.3 is 89.2 Å². The molecule has 0 amide bonds. The van der Waals surface area contributed by atoms with E-state index in [1.807, 2.05) is 0 Å². The smallest absolute Gasteiger partial charge is 0.411 e. The molecule has 133 heavy (non-hydrogen) atoms. The molecule has 3 nitrogen and oxygen atoms in total. The van der Waals surface area contributed by atoms with Gasteiger partial charge in [-0.3, -0.25) is 0 Å². The van der Waals surface area contributed by atoms with Crippen molar-refractivity contribution in [3.05, 3.63) is 0 Å². The SMILES string of the molecule is CCCCCCCCCCCCCCCCCCCCN(CCCCCCCCCCCCCCCCCCCC)C(=S)[S-].CCCCCCCCCCCCCCCCCCCCN(CCCCCCCCCCCCCCCCCCCC)C(=S)[S-].CCCCCCCCCCCCCCCCCCCCN(CCCCCCCCCCCCCCCCCCCC)C(=S)[S-].[Sb+3]. The molecule has 0 aliphatic carbocycles. The minimum absolute atomic E-state index is 0. The van der Waals surface area contributed by atoms with Crippen molar-refractivity contribution in [2.75, 3.05) is 39.3 Å². The van der Waals surface area contributed by atoms with E-state index in [-0.39, 0.29) is 24.4 Å². The standard InChI is InChI=1S/3C41H83NS2.Sb/c3*1-3-5-7-9-11-13-15-17-19-21-23-25-27-29-31-33-35-37-39-42(41(43)44)40-38-36-34-32-30-28-26-24-22-20-18-16-14-12-10-8-6-4-2;/h3*3-40H2,1-2H3,(H,43,44);/q;;;+3/p-3. The van der Waals surface area contributed by atoms with Crippen LogP contribution in [0, 0.1) is 0 Å². The fourth-order valence-corrected chi connectivity index (χ4v) is 21.2. The van der Waals surface area contributed by atoms with Crippen LogP contribution in [0.1, 0.15) is 735 Å². The minimum Gasteiger partial charge on any atom is -0.411 e. The Balaban J connectivity index is -0.000000935. The Labute approximate surface area is 893 Å². The summed E-state index contributed by atoms with van der Waals surface area (Å²) >= 11 is 32.4. The topological polar surface area (TPSA) is 9.72 Å². The summed E-state index contributed by atoms with van der Waals surface area (Å²) in [7, 11) is 0. The van der Waals surface area contributed by atoms with Crippen LogP contribution in [0.4, 0.5) is 0 Å². The van der Waals surface area contributed by atoms with Gasteiger partial charge in [-0.25, -0.2) is 0 Å². The van der Waals surface area contributed by atoms with Gasteiger partial charge in [0.05, 0.1) is 0 Å². The number of thiocarbonyl (C=S) groups is 3. The molecule has 0 saturated heterocycles. The Kier molecular flexibility index (Phi) is 138. The second-order valence-electron chi connectivity index (χ2n) is 42.8. The van der Waals surface area contributed by atoms with Crippen LogP contribution >= 0.6 is 36.7 Å². The average Bonchev–Trinajstić information content (AvgIpc) is 0.975. The van der Waals surface area contributed by atoms with Gasteiger partial charge in [-0.1, -0.05) is 709 Å². The predicted octanol–water partition coefficient (Wildman–Crippen LogP) is 45.2. The molecule has 0 aliphatic rings. The third kappa shape index (κ3) is 129. The van der Waals surface area contributed by atoms with Crippen LogP contribution in [0.5, 0.6) is 0 Å². The molecule has 0 aliphatic heterocycles. The summed E-state index contributed by atoms with van der Waals surface area (Å²) in [5.41, 5.74) is 0. The normalized spacial score (nSPS) is 11.3. The van der Waals surface area contributed by atoms with E-state index in [4.69, 9.17) is 74.5 Å². The maximum atomic E-state index is 5.40. The molecule has 0 saturated carbocycles. The van der Waals surface area contributed by atoms with Gasteiger partial charge in [0.1, 0.15) is 0 Å². The van der Waals surface area contributed by atoms with E-state index in [2.05, 4.69) is 56.2 Å². The van der Waals surface area contributed by atoms with Crippen molar-refractivity contribution in [3.8, 4) is 0 Å². The fourth-order valence-electron chi connectivity index (χ4n) is 20.1. The van der Waals surface area contributed by atoms with Crippen LogP contribution in [0.3, 0.4) is 0 Å². The Morgan fingerprint density at radius 2 is 0.165 bits per heavy atom. The molecule has 0 fully saturated rings. The molecular weight excluding hydrogens is 1830 g/mol. The van der Waals surface area contributed by atoms with Gasteiger partial charge in [0, 0.05) is 39.3 Å². The van der Waals surface area contributed by atoms with Crippen molar-refractivity contribution in [3.63, 3.8) is 0 Å². The van der Waals surface area contributed by atoms with Crippen molar-refractivity contribution in [2.45, 2.75) is 735 Å². The van der Waals surface area contributed by atoms with Crippen LogP contribution < -0.4 is 0 Å². The molecule has 0 rings (SSSR count). The van der Waals surface area contributed by atoms with Crippen LogP contribution in [-0.2, 0) is 37.9 Å². The molecular formula is C123H246N3S6Sb. The number of unbranched alkanes of at least 4 members (excludes halogenated alkanes) is 102. The van der Waals surface area contributed by atoms with E-state index in [0.717, 1.165) is 39.3 Å². The van der Waals surface area contributed by atoms with Gasteiger partial charge in [0.2, 0.25) is 0 Å². The van der Waals surface area contributed by atoms with Crippen molar-refractivity contribution in [1.29, 1.82) is 0 Å². The van der Waals surface area contributed by atoms with Gasteiger partial charge in [-0.2, -0.15) is 0 Å². The Bertz CT molecular complexity index is 1720. The average molecular weight is 2080 g/mol. The molecule has 0 bridgehead atoms. The first-order valence-corrected chi connectivity index (χ1v) is 64.5. The van der Waals surface area contributed by atoms with Crippen LogP contribution in [0.25, 0.3) is 0 Å². The number of hydrogen-bond acceptors (Lipinski definition) is 6. The summed E-state index contributed by atoms with van der Waals surface area (Å²) < 4.78 is 2.09. The first kappa shape index (κ1) is 140. The number of nitrogens with zero attached hydrogens (tertiary/aromatic N) is 3. The Morgan fingerprint density at radius 1 is 0.113 bits per heavy atom. The summed E-state index contributed by atoms with van der Waals surface area (Å²) in [6.45, 7) is 20.3. The van der Waals surface area contributed by atoms with Crippen LogP contribution in [-0.4, -0.2) is 91.4 Å². The third-order valence-corrected chi connectivity index (χ3v) is 31.0. The summed E-state index contributed by atoms with van der Waals surface area (Å²) in [5.74, 6) is 0. The largest absolute Gasteiger partial charge is 3.00 e. The predicted molar refractivity (Wildman–Crippen MR) is 633 cm³/mol. The summed E-state index contributed by atoms with van der Waals surface area (Å²) in [5, 5.41) is 0. The maximum Gasteiger partial charge on any atom is 3.00 e. The Hall–Kier alpha value is 1.15. The van der Waals surface area contributed by atoms with E-state index in [0.29, 0.717) is 13.0 Å². The number of hydrogen-bond donors (Lipinski definition) is 0. The first-order chi connectivity index (χ1) is 65.2. The molecule has 0 heterocycles. The zero-order valence-electron chi connectivity index (χ0n) is 92.3.